The number of nitrogen functional groups attached to an aromatic ring is 1. The predicted molar refractivity (Wildman–Crippen MR) is 126 cm³/mol. The largest absolute Gasteiger partial charge is 0.505 e. The van der Waals surface area contributed by atoms with E-state index in [2.05, 4.69) is 29.0 Å². The summed E-state index contributed by atoms with van der Waals surface area (Å²) in [7, 11) is -4.69. The molecule has 0 aliphatic carbocycles. The Bertz CT molecular complexity index is 1400. The standard InChI is InChI=1S/C19H17N3O10S3/c1-2-3-10-4-5-11(8-14(10)33-31-29-24)21-22-18-15(34-32-30-25)9-12-16(35(26,27)28)7-6-13(20)17(12)19(18)23/h2-9,23-25H,20H2,1H3,(H,26,27,28)/b3-2+,22-21?. The molecule has 3 rings (SSSR count). The van der Waals surface area contributed by atoms with Crippen LogP contribution in [0.15, 0.2) is 67.4 Å². The lowest BCUT2D eigenvalue weighted by atomic mass is 10.1. The van der Waals surface area contributed by atoms with E-state index in [1.165, 1.54) is 12.1 Å². The summed E-state index contributed by atoms with van der Waals surface area (Å²) in [6, 6.07) is 8.30. The lowest BCUT2D eigenvalue weighted by Crippen LogP contribution is -2.01. The number of rotatable bonds is 10. The fourth-order valence-corrected chi connectivity index (χ4v) is 4.70. The molecule has 186 valence electrons. The van der Waals surface area contributed by atoms with Crippen molar-refractivity contribution >= 4 is 68.1 Å². The predicted octanol–water partition coefficient (Wildman–Crippen LogP) is 5.68. The van der Waals surface area contributed by atoms with Crippen LogP contribution in [0.3, 0.4) is 0 Å². The Hall–Kier alpha value is -2.77. The van der Waals surface area contributed by atoms with Gasteiger partial charge in [0.15, 0.2) is 5.75 Å². The number of hydrogen-bond donors (Lipinski definition) is 5. The minimum Gasteiger partial charge on any atom is -0.505 e. The molecular weight excluding hydrogens is 526 g/mol. The second kappa shape index (κ2) is 11.8. The maximum Gasteiger partial charge on any atom is 0.295 e. The minimum absolute atomic E-state index is 0.00669. The molecule has 16 heteroatoms. The molecule has 35 heavy (non-hydrogen) atoms. The molecule has 0 saturated carbocycles. The number of azo groups is 1. The summed E-state index contributed by atoms with van der Waals surface area (Å²) >= 11 is 1.09. The third-order valence-corrected chi connectivity index (χ3v) is 6.60. The summed E-state index contributed by atoms with van der Waals surface area (Å²) in [5, 5.41) is 43.0. The average Bonchev–Trinajstić information content (AvgIpc) is 2.81. The molecule has 0 saturated heterocycles. The number of aromatic hydroxyl groups is 1. The van der Waals surface area contributed by atoms with E-state index in [9.17, 15) is 18.1 Å². The van der Waals surface area contributed by atoms with Crippen LogP contribution in [0.4, 0.5) is 17.1 Å². The van der Waals surface area contributed by atoms with E-state index in [0.29, 0.717) is 29.0 Å². The highest BCUT2D eigenvalue weighted by Gasteiger charge is 2.23. The second-order valence-electron chi connectivity index (χ2n) is 6.50. The quantitative estimate of drug-likeness (QED) is 0.0522. The Morgan fingerprint density at radius 2 is 1.69 bits per heavy atom. The van der Waals surface area contributed by atoms with Crippen LogP contribution in [0.2, 0.25) is 0 Å². The highest BCUT2D eigenvalue weighted by atomic mass is 32.2. The van der Waals surface area contributed by atoms with Crippen molar-refractivity contribution in [3.63, 3.8) is 0 Å². The molecule has 0 spiro atoms. The fraction of sp³-hybridized carbons (Fsp3) is 0.0526. The number of phenols is 1. The molecule has 0 aromatic heterocycles. The third-order valence-electron chi connectivity index (χ3n) is 4.40. The van der Waals surface area contributed by atoms with Crippen molar-refractivity contribution < 1.29 is 47.3 Å². The summed E-state index contributed by atoms with van der Waals surface area (Å²) in [5.41, 5.74) is 6.73. The van der Waals surface area contributed by atoms with E-state index in [1.54, 1.807) is 30.4 Å². The molecule has 0 heterocycles. The van der Waals surface area contributed by atoms with Crippen LogP contribution in [0.5, 0.6) is 5.75 Å². The van der Waals surface area contributed by atoms with Gasteiger partial charge in [-0.25, -0.2) is 10.5 Å². The molecular formula is C19H17N3O10S3. The first kappa shape index (κ1) is 26.8. The van der Waals surface area contributed by atoms with Crippen molar-refractivity contribution in [2.75, 3.05) is 5.73 Å². The van der Waals surface area contributed by atoms with Crippen molar-refractivity contribution in [3.8, 4) is 5.75 Å². The van der Waals surface area contributed by atoms with Gasteiger partial charge in [-0.3, -0.25) is 4.55 Å². The molecule has 0 radical (unpaired) electrons. The van der Waals surface area contributed by atoms with Crippen LogP contribution >= 0.6 is 24.1 Å². The Morgan fingerprint density at radius 1 is 1.00 bits per heavy atom. The zero-order valence-electron chi connectivity index (χ0n) is 17.6. The normalized spacial score (nSPS) is 12.3. The van der Waals surface area contributed by atoms with E-state index in [0.717, 1.165) is 11.6 Å². The highest BCUT2D eigenvalue weighted by molar-refractivity contribution is 7.95. The topological polar surface area (TPSA) is 203 Å². The molecule has 0 aliphatic heterocycles. The van der Waals surface area contributed by atoms with Crippen molar-refractivity contribution in [2.45, 2.75) is 21.6 Å². The van der Waals surface area contributed by atoms with Crippen LogP contribution in [0.1, 0.15) is 12.5 Å². The van der Waals surface area contributed by atoms with Crippen LogP contribution in [0.25, 0.3) is 16.8 Å². The van der Waals surface area contributed by atoms with Crippen LogP contribution < -0.4 is 5.73 Å². The van der Waals surface area contributed by atoms with Gasteiger partial charge in [0, 0.05) is 16.0 Å². The second-order valence-corrected chi connectivity index (χ2v) is 9.37. The Labute approximate surface area is 206 Å². The van der Waals surface area contributed by atoms with Crippen molar-refractivity contribution in [3.05, 3.63) is 48.0 Å². The van der Waals surface area contributed by atoms with Gasteiger partial charge in [-0.05, 0) is 42.8 Å². The fourth-order valence-electron chi connectivity index (χ4n) is 3.03. The Morgan fingerprint density at radius 3 is 2.31 bits per heavy atom. The molecule has 0 atom stereocenters. The molecule has 0 unspecified atom stereocenters. The molecule has 0 fully saturated rings. The molecule has 3 aromatic carbocycles. The summed E-state index contributed by atoms with van der Waals surface area (Å²) in [4.78, 5) is -0.0648. The first-order chi connectivity index (χ1) is 16.7. The molecule has 0 bridgehead atoms. The Kier molecular flexibility index (Phi) is 9.03. The molecule has 0 aliphatic rings. The van der Waals surface area contributed by atoms with Gasteiger partial charge in [-0.15, -0.1) is 13.8 Å². The number of phenolic OH excluding ortho intramolecular Hbond substituents is 1. The first-order valence-corrected chi connectivity index (χ1v) is 12.2. The molecule has 3 aromatic rings. The van der Waals surface area contributed by atoms with Crippen LogP contribution in [0, 0.1) is 0 Å². The number of nitrogens with two attached hydrogens (primary N) is 1. The van der Waals surface area contributed by atoms with Gasteiger partial charge in [0.1, 0.15) is 10.6 Å². The molecule has 6 N–H and O–H groups in total. The van der Waals surface area contributed by atoms with Gasteiger partial charge in [-0.1, -0.05) is 28.3 Å². The van der Waals surface area contributed by atoms with Gasteiger partial charge in [0.25, 0.3) is 10.1 Å². The van der Waals surface area contributed by atoms with E-state index >= 15 is 0 Å². The van der Waals surface area contributed by atoms with Gasteiger partial charge >= 0.3 is 0 Å². The lowest BCUT2D eigenvalue weighted by molar-refractivity contribution is -0.432. The van der Waals surface area contributed by atoms with E-state index in [4.69, 9.17) is 16.2 Å². The highest BCUT2D eigenvalue weighted by Crippen LogP contribution is 2.47. The zero-order chi connectivity index (χ0) is 25.6. The van der Waals surface area contributed by atoms with E-state index in [1.807, 2.05) is 6.92 Å². The maximum absolute atomic E-state index is 11.8. The summed E-state index contributed by atoms with van der Waals surface area (Å²) in [6.07, 6.45) is 3.56. The first-order valence-electron chi connectivity index (χ1n) is 9.25. The maximum atomic E-state index is 11.8. The average molecular weight is 544 g/mol. The van der Waals surface area contributed by atoms with Crippen molar-refractivity contribution in [1.82, 2.24) is 0 Å². The van der Waals surface area contributed by atoms with Crippen molar-refractivity contribution in [2.24, 2.45) is 10.2 Å². The summed E-state index contributed by atoms with van der Waals surface area (Å²) < 4.78 is 42.1. The number of fused-ring (bicyclic) bond motifs is 1. The van der Waals surface area contributed by atoms with Crippen LogP contribution in [-0.4, -0.2) is 28.6 Å². The SMILES string of the molecule is C/C=C/c1ccc(N=Nc2c(SOOO)cc3c(S(=O)(=O)O)ccc(N)c3c2O)cc1SOOO. The monoisotopic (exact) mass is 543 g/mol. The smallest absolute Gasteiger partial charge is 0.295 e. The van der Waals surface area contributed by atoms with E-state index in [-0.39, 0.29) is 32.7 Å². The molecule has 0 amide bonds. The van der Waals surface area contributed by atoms with Crippen LogP contribution in [-0.2, 0) is 28.9 Å². The van der Waals surface area contributed by atoms with Gasteiger partial charge in [0.2, 0.25) is 0 Å². The Balaban J connectivity index is 2.17. The summed E-state index contributed by atoms with van der Waals surface area (Å²) in [5.74, 6) is -0.574. The lowest BCUT2D eigenvalue weighted by Gasteiger charge is -2.13. The number of hydrogen-bond acceptors (Lipinski definition) is 14. The molecule has 13 nitrogen and oxygen atoms in total. The number of nitrogens with zero attached hydrogens (tertiary/aromatic N) is 2. The van der Waals surface area contributed by atoms with Gasteiger partial charge in [-0.2, -0.15) is 13.5 Å². The van der Waals surface area contributed by atoms with E-state index < -0.39 is 20.8 Å². The number of anilines is 1. The number of allylic oxidation sites excluding steroid dienone is 1. The third kappa shape index (κ3) is 6.27. The summed E-state index contributed by atoms with van der Waals surface area (Å²) in [6.45, 7) is 1.81. The van der Waals surface area contributed by atoms with Gasteiger partial charge in [0.05, 0.1) is 40.1 Å². The van der Waals surface area contributed by atoms with Crippen molar-refractivity contribution in [1.29, 1.82) is 0 Å². The zero-order valence-corrected chi connectivity index (χ0v) is 20.0. The number of benzene rings is 3. The van der Waals surface area contributed by atoms with Gasteiger partial charge < -0.3 is 10.8 Å². The minimum atomic E-state index is -4.69.